The van der Waals surface area contributed by atoms with Gasteiger partial charge in [0.15, 0.2) is 6.29 Å². The number of ether oxygens (including phenoxy) is 2. The number of aldehydes is 1. The fourth-order valence-electron chi connectivity index (χ4n) is 6.30. The first-order valence-corrected chi connectivity index (χ1v) is 17.5. The van der Waals surface area contributed by atoms with E-state index in [1.807, 2.05) is 30.3 Å². The molecule has 0 spiro atoms. The standard InChI is InChI=1S/C35H48N2O4S.CH3Cl/c1-6-10-27-12-7-8-13-32(27)30-22-37(4)21-29-16-19-33(29)35(24-38,40-5)20-9-11-25(2)26(3)42-36-34(39)28-14-17-31(18-15-28)41-23-30;1-2/h7-9,12-15,17-18,20,24-26,29-30,33H,6,10-11,16,19,21-23H2,1-5H3,(H,36,39);1H3/b20-9+;. The maximum absolute atomic E-state index is 12.8. The van der Waals surface area contributed by atoms with Crippen molar-refractivity contribution in [3.63, 3.8) is 0 Å². The summed E-state index contributed by atoms with van der Waals surface area (Å²) in [4.78, 5) is 27.8. The van der Waals surface area contributed by atoms with Gasteiger partial charge >= 0.3 is 0 Å². The number of rotatable bonds is 5. The number of alkyl halides is 1. The summed E-state index contributed by atoms with van der Waals surface area (Å²) < 4.78 is 15.3. The third-order valence-electron chi connectivity index (χ3n) is 9.22. The van der Waals surface area contributed by atoms with Crippen molar-refractivity contribution in [3.05, 3.63) is 77.4 Å². The molecule has 1 aliphatic carbocycles. The number of benzene rings is 2. The van der Waals surface area contributed by atoms with Crippen molar-refractivity contribution < 1.29 is 19.1 Å². The van der Waals surface area contributed by atoms with Crippen molar-refractivity contribution in [1.82, 2.24) is 9.62 Å². The van der Waals surface area contributed by atoms with Crippen LogP contribution in [0.3, 0.4) is 0 Å². The largest absolute Gasteiger partial charge is 0.493 e. The Hall–Kier alpha value is -2.32. The van der Waals surface area contributed by atoms with Gasteiger partial charge in [-0.3, -0.25) is 14.3 Å². The minimum absolute atomic E-state index is 0.115. The average molecular weight is 643 g/mol. The molecule has 44 heavy (non-hydrogen) atoms. The Bertz CT molecular complexity index is 1210. The van der Waals surface area contributed by atoms with E-state index in [0.29, 0.717) is 24.0 Å². The predicted octanol–water partition coefficient (Wildman–Crippen LogP) is 7.56. The summed E-state index contributed by atoms with van der Waals surface area (Å²) in [7, 11) is 3.83. The van der Waals surface area contributed by atoms with Crippen LogP contribution in [0.2, 0.25) is 0 Å². The van der Waals surface area contributed by atoms with Crippen LogP contribution < -0.4 is 9.46 Å². The molecule has 1 N–H and O–H groups in total. The lowest BCUT2D eigenvalue weighted by molar-refractivity contribution is -0.137. The van der Waals surface area contributed by atoms with Crippen molar-refractivity contribution in [2.45, 2.75) is 69.6 Å². The van der Waals surface area contributed by atoms with E-state index < -0.39 is 5.60 Å². The third kappa shape index (κ3) is 9.35. The number of likely N-dealkylation sites (N-methyl/N-ethyl adjacent to an activating group) is 1. The van der Waals surface area contributed by atoms with Gasteiger partial charge in [-0.1, -0.05) is 57.5 Å². The Morgan fingerprint density at radius 1 is 1.11 bits per heavy atom. The van der Waals surface area contributed by atoms with Crippen LogP contribution in [-0.2, 0) is 16.0 Å². The van der Waals surface area contributed by atoms with Crippen LogP contribution in [0.25, 0.3) is 0 Å². The molecule has 2 aromatic carbocycles. The SMILES string of the molecule is CCCc1ccccc1C1COc2ccc(cc2)C(=O)NSC(C)C(C)C/C=C/C(C=O)(OC)C2CCC2CN(C)C1.CCl. The van der Waals surface area contributed by atoms with Crippen LogP contribution in [0.15, 0.2) is 60.7 Å². The monoisotopic (exact) mass is 642 g/mol. The number of carbonyl (C=O) groups is 2. The molecule has 2 heterocycles. The maximum Gasteiger partial charge on any atom is 0.261 e. The van der Waals surface area contributed by atoms with Crippen molar-refractivity contribution in [1.29, 1.82) is 0 Å². The van der Waals surface area contributed by atoms with Gasteiger partial charge in [0.1, 0.15) is 11.4 Å². The van der Waals surface area contributed by atoms with Crippen LogP contribution in [0.1, 0.15) is 73.9 Å². The van der Waals surface area contributed by atoms with Crippen LogP contribution in [0, 0.1) is 17.8 Å². The maximum atomic E-state index is 12.8. The number of methoxy groups -OCH3 is 1. The number of halogens is 1. The lowest BCUT2D eigenvalue weighted by atomic mass is 9.64. The molecule has 0 radical (unpaired) electrons. The zero-order chi connectivity index (χ0) is 32.1. The first-order chi connectivity index (χ1) is 21.3. The number of allylic oxidation sites excluding steroid dienone is 1. The van der Waals surface area contributed by atoms with Crippen LogP contribution in [-0.4, -0.2) is 68.2 Å². The van der Waals surface area contributed by atoms with Gasteiger partial charge in [0.05, 0.1) is 6.61 Å². The van der Waals surface area contributed by atoms with Crippen LogP contribution >= 0.6 is 23.5 Å². The first kappa shape index (κ1) is 36.2. The third-order valence-corrected chi connectivity index (χ3v) is 10.4. The molecule has 6 unspecified atom stereocenters. The number of nitrogens with zero attached hydrogens (tertiary/aromatic N) is 1. The highest BCUT2D eigenvalue weighted by molar-refractivity contribution is 7.98. The molecule has 0 aromatic heterocycles. The van der Waals surface area contributed by atoms with Gasteiger partial charge in [-0.05, 0) is 98.0 Å². The topological polar surface area (TPSA) is 67.9 Å². The summed E-state index contributed by atoms with van der Waals surface area (Å²) in [5.41, 5.74) is 2.39. The van der Waals surface area contributed by atoms with E-state index in [4.69, 9.17) is 9.47 Å². The van der Waals surface area contributed by atoms with Gasteiger partial charge in [-0.15, -0.1) is 11.6 Å². The number of fused-ring (bicyclic) bond motifs is 14. The summed E-state index contributed by atoms with van der Waals surface area (Å²) in [6.45, 7) is 8.78. The van der Waals surface area contributed by atoms with E-state index in [1.165, 1.54) is 29.5 Å². The van der Waals surface area contributed by atoms with Crippen molar-refractivity contribution in [2.24, 2.45) is 17.8 Å². The Morgan fingerprint density at radius 2 is 1.84 bits per heavy atom. The second-order valence-electron chi connectivity index (χ2n) is 12.2. The number of hydrogen-bond acceptors (Lipinski definition) is 6. The molecule has 1 amide bonds. The molecule has 1 saturated carbocycles. The summed E-state index contributed by atoms with van der Waals surface area (Å²) in [6, 6.07) is 16.1. The molecule has 8 heteroatoms. The fraction of sp³-hybridized carbons (Fsp3) is 0.556. The second-order valence-corrected chi connectivity index (χ2v) is 13.4. The van der Waals surface area contributed by atoms with Gasteiger partial charge < -0.3 is 14.4 Å². The molecule has 6 atom stereocenters. The Morgan fingerprint density at radius 3 is 2.48 bits per heavy atom. The summed E-state index contributed by atoms with van der Waals surface area (Å²) >= 11 is 6.08. The van der Waals surface area contributed by atoms with Crippen molar-refractivity contribution >= 4 is 35.7 Å². The lowest BCUT2D eigenvalue weighted by Crippen LogP contribution is -2.51. The van der Waals surface area contributed by atoms with E-state index in [-0.39, 0.29) is 23.0 Å². The van der Waals surface area contributed by atoms with Crippen molar-refractivity contribution in [2.75, 3.05) is 40.2 Å². The van der Waals surface area contributed by atoms with Gasteiger partial charge in [0.25, 0.3) is 5.91 Å². The van der Waals surface area contributed by atoms with E-state index in [9.17, 15) is 9.59 Å². The highest BCUT2D eigenvalue weighted by Crippen LogP contribution is 2.44. The zero-order valence-electron chi connectivity index (χ0n) is 27.3. The highest BCUT2D eigenvalue weighted by atomic mass is 35.5. The van der Waals surface area contributed by atoms with E-state index in [1.54, 1.807) is 7.11 Å². The Labute approximate surface area is 274 Å². The molecular formula is C36H51ClN2O4S. The fourth-order valence-corrected chi connectivity index (χ4v) is 7.05. The summed E-state index contributed by atoms with van der Waals surface area (Å²) in [6.07, 6.45) is 11.5. The molecule has 1 fully saturated rings. The van der Waals surface area contributed by atoms with Gasteiger partial charge in [-0.25, -0.2) is 0 Å². The summed E-state index contributed by atoms with van der Waals surface area (Å²) in [5, 5.41) is 0.195. The second kappa shape index (κ2) is 18.0. The van der Waals surface area contributed by atoms with E-state index in [0.717, 1.165) is 57.2 Å². The minimum atomic E-state index is -0.910. The average Bonchev–Trinajstić information content (AvgIpc) is 3.04. The minimum Gasteiger partial charge on any atom is -0.493 e. The van der Waals surface area contributed by atoms with Gasteiger partial charge in [-0.2, -0.15) is 0 Å². The normalized spacial score (nSPS) is 29.3. The molecule has 3 aliphatic rings. The molecule has 5 rings (SSSR count). The number of hydrogen-bond donors (Lipinski definition) is 1. The Balaban J connectivity index is 0.00000259. The molecule has 0 saturated heterocycles. The van der Waals surface area contributed by atoms with Gasteiger partial charge in [0, 0.05) is 49.2 Å². The van der Waals surface area contributed by atoms with E-state index in [2.05, 4.69) is 79.4 Å². The van der Waals surface area contributed by atoms with Crippen molar-refractivity contribution in [3.8, 4) is 5.75 Å². The number of carbonyl (C=O) groups excluding carboxylic acids is 2. The number of aryl methyl sites for hydroxylation is 1. The smallest absolute Gasteiger partial charge is 0.261 e. The van der Waals surface area contributed by atoms with E-state index >= 15 is 0 Å². The molecule has 6 nitrogen and oxygen atoms in total. The molecule has 2 aliphatic heterocycles. The lowest BCUT2D eigenvalue weighted by Gasteiger charge is -2.47. The number of nitrogens with one attached hydrogen (secondary N) is 1. The molecular weight excluding hydrogens is 592 g/mol. The summed E-state index contributed by atoms with van der Waals surface area (Å²) in [5.74, 6) is 1.64. The van der Waals surface area contributed by atoms with Gasteiger partial charge in [0.2, 0.25) is 0 Å². The predicted molar refractivity (Wildman–Crippen MR) is 184 cm³/mol. The number of amides is 1. The first-order valence-electron chi connectivity index (χ1n) is 15.8. The molecule has 2 aromatic rings. The molecule has 2 bridgehead atoms. The quantitative estimate of drug-likeness (QED) is 0.157. The highest BCUT2D eigenvalue weighted by Gasteiger charge is 2.47. The zero-order valence-corrected chi connectivity index (χ0v) is 28.8. The molecule has 242 valence electrons. The van der Waals surface area contributed by atoms with Crippen LogP contribution in [0.4, 0.5) is 0 Å². The Kier molecular flexibility index (Phi) is 14.8. The van der Waals surface area contributed by atoms with Crippen LogP contribution in [0.5, 0.6) is 5.75 Å².